The lowest BCUT2D eigenvalue weighted by Gasteiger charge is -2.07. The number of benzene rings is 1. The first kappa shape index (κ1) is 11.2. The Hall–Kier alpha value is -1.32. The summed E-state index contributed by atoms with van der Waals surface area (Å²) >= 11 is 5.88. The van der Waals surface area contributed by atoms with E-state index in [1.807, 2.05) is 43.6 Å². The van der Waals surface area contributed by atoms with Crippen LogP contribution in [0.5, 0.6) is 0 Å². The minimum Gasteiger partial charge on any atom is -0.386 e. The van der Waals surface area contributed by atoms with Crippen LogP contribution in [-0.2, 0) is 13.5 Å². The molecule has 16 heavy (non-hydrogen) atoms. The van der Waals surface area contributed by atoms with Gasteiger partial charge in [0, 0.05) is 24.7 Å². The Balaban J connectivity index is 2.10. The lowest BCUT2D eigenvalue weighted by molar-refractivity contribution is 0.173. The summed E-state index contributed by atoms with van der Waals surface area (Å²) < 4.78 is 1.68. The summed E-state index contributed by atoms with van der Waals surface area (Å²) in [5, 5.41) is 14.8. The van der Waals surface area contributed by atoms with E-state index in [2.05, 4.69) is 5.10 Å². The van der Waals surface area contributed by atoms with Crippen LogP contribution in [-0.4, -0.2) is 14.9 Å². The molecule has 1 aromatic carbocycles. The van der Waals surface area contributed by atoms with E-state index in [9.17, 15) is 5.11 Å². The molecule has 0 amide bonds. The van der Waals surface area contributed by atoms with Gasteiger partial charge in [0.2, 0.25) is 0 Å². The molecule has 1 heterocycles. The standard InChI is InChI=1S/C12H13ClN2O/c1-15-6-5-11(14-15)12(16)8-9-3-2-4-10(13)7-9/h2-7,12,16H,8H2,1H3. The zero-order chi connectivity index (χ0) is 11.5. The predicted octanol–water partition coefficient (Wildman–Crippen LogP) is 2.35. The minimum absolute atomic E-state index is 0.525. The number of rotatable bonds is 3. The van der Waals surface area contributed by atoms with E-state index in [-0.39, 0.29) is 0 Å². The lowest BCUT2D eigenvalue weighted by atomic mass is 10.1. The summed E-state index contributed by atoms with van der Waals surface area (Å²) in [5.41, 5.74) is 1.69. The summed E-state index contributed by atoms with van der Waals surface area (Å²) in [6, 6.07) is 9.31. The lowest BCUT2D eigenvalue weighted by Crippen LogP contribution is -2.03. The van der Waals surface area contributed by atoms with Crippen molar-refractivity contribution in [3.05, 3.63) is 52.8 Å². The molecule has 1 N–H and O–H groups in total. The van der Waals surface area contributed by atoms with Crippen molar-refractivity contribution in [1.29, 1.82) is 0 Å². The van der Waals surface area contributed by atoms with Crippen LogP contribution in [0, 0.1) is 0 Å². The fourth-order valence-electron chi connectivity index (χ4n) is 1.60. The Kier molecular flexibility index (Phi) is 3.27. The highest BCUT2D eigenvalue weighted by molar-refractivity contribution is 6.30. The minimum atomic E-state index is -0.584. The van der Waals surface area contributed by atoms with Gasteiger partial charge in [-0.15, -0.1) is 0 Å². The van der Waals surface area contributed by atoms with Gasteiger partial charge in [0.1, 0.15) is 6.10 Å². The van der Waals surface area contributed by atoms with Crippen LogP contribution in [0.15, 0.2) is 36.5 Å². The van der Waals surface area contributed by atoms with Crippen molar-refractivity contribution in [2.24, 2.45) is 7.05 Å². The molecule has 0 bridgehead atoms. The zero-order valence-corrected chi connectivity index (χ0v) is 9.72. The van der Waals surface area contributed by atoms with Crippen LogP contribution < -0.4 is 0 Å². The average molecular weight is 237 g/mol. The molecule has 0 aliphatic rings. The first-order valence-corrected chi connectivity index (χ1v) is 5.45. The second-order valence-electron chi connectivity index (χ2n) is 3.76. The SMILES string of the molecule is Cn1ccc(C(O)Cc2cccc(Cl)c2)n1. The van der Waals surface area contributed by atoms with E-state index < -0.39 is 6.10 Å². The number of hydrogen-bond donors (Lipinski definition) is 1. The van der Waals surface area contributed by atoms with Crippen LogP contribution in [0.1, 0.15) is 17.4 Å². The van der Waals surface area contributed by atoms with Crippen molar-refractivity contribution in [2.45, 2.75) is 12.5 Å². The third-order valence-electron chi connectivity index (χ3n) is 2.39. The van der Waals surface area contributed by atoms with E-state index in [4.69, 9.17) is 11.6 Å². The zero-order valence-electron chi connectivity index (χ0n) is 8.97. The smallest absolute Gasteiger partial charge is 0.102 e. The van der Waals surface area contributed by atoms with Gasteiger partial charge in [-0.3, -0.25) is 4.68 Å². The molecule has 1 atom stereocenters. The van der Waals surface area contributed by atoms with Crippen molar-refractivity contribution in [3.63, 3.8) is 0 Å². The van der Waals surface area contributed by atoms with Crippen LogP contribution in [0.4, 0.5) is 0 Å². The molecule has 84 valence electrons. The number of aliphatic hydroxyl groups excluding tert-OH is 1. The third kappa shape index (κ3) is 2.62. The van der Waals surface area contributed by atoms with Gasteiger partial charge in [-0.1, -0.05) is 23.7 Å². The topological polar surface area (TPSA) is 38.0 Å². The van der Waals surface area contributed by atoms with Gasteiger partial charge in [0.15, 0.2) is 0 Å². The van der Waals surface area contributed by atoms with E-state index in [0.29, 0.717) is 17.1 Å². The maximum atomic E-state index is 9.96. The number of aromatic nitrogens is 2. The molecule has 0 saturated carbocycles. The van der Waals surface area contributed by atoms with Crippen LogP contribution in [0.3, 0.4) is 0 Å². The molecule has 1 aromatic heterocycles. The highest BCUT2D eigenvalue weighted by Crippen LogP contribution is 2.18. The molecule has 3 nitrogen and oxygen atoms in total. The third-order valence-corrected chi connectivity index (χ3v) is 2.63. The molecule has 0 aliphatic heterocycles. The fourth-order valence-corrected chi connectivity index (χ4v) is 1.82. The Bertz CT molecular complexity index is 481. The van der Waals surface area contributed by atoms with E-state index in [1.165, 1.54) is 0 Å². The highest BCUT2D eigenvalue weighted by Gasteiger charge is 2.11. The summed E-state index contributed by atoms with van der Waals surface area (Å²) in [6.45, 7) is 0. The van der Waals surface area contributed by atoms with Crippen LogP contribution >= 0.6 is 11.6 Å². The Morgan fingerprint density at radius 3 is 2.88 bits per heavy atom. The predicted molar refractivity (Wildman–Crippen MR) is 63.3 cm³/mol. The first-order valence-electron chi connectivity index (χ1n) is 5.07. The molecule has 0 aliphatic carbocycles. The fraction of sp³-hybridized carbons (Fsp3) is 0.250. The number of aliphatic hydroxyl groups is 1. The monoisotopic (exact) mass is 236 g/mol. The van der Waals surface area contributed by atoms with Crippen molar-refractivity contribution < 1.29 is 5.11 Å². The van der Waals surface area contributed by atoms with E-state index in [0.717, 1.165) is 5.56 Å². The molecule has 2 rings (SSSR count). The normalized spacial score (nSPS) is 12.7. The molecular weight excluding hydrogens is 224 g/mol. The number of hydrogen-bond acceptors (Lipinski definition) is 2. The van der Waals surface area contributed by atoms with Crippen molar-refractivity contribution >= 4 is 11.6 Å². The molecular formula is C12H13ClN2O. The number of aryl methyl sites for hydroxylation is 1. The van der Waals surface area contributed by atoms with Crippen molar-refractivity contribution in [2.75, 3.05) is 0 Å². The van der Waals surface area contributed by atoms with Crippen molar-refractivity contribution in [3.8, 4) is 0 Å². The largest absolute Gasteiger partial charge is 0.386 e. The molecule has 1 unspecified atom stereocenters. The second-order valence-corrected chi connectivity index (χ2v) is 4.20. The molecule has 2 aromatic rings. The van der Waals surface area contributed by atoms with Gasteiger partial charge in [0.05, 0.1) is 5.69 Å². The van der Waals surface area contributed by atoms with Gasteiger partial charge in [-0.25, -0.2) is 0 Å². The summed E-state index contributed by atoms with van der Waals surface area (Å²) in [7, 11) is 1.83. The summed E-state index contributed by atoms with van der Waals surface area (Å²) in [5.74, 6) is 0. The molecule has 0 saturated heterocycles. The molecule has 0 spiro atoms. The summed E-state index contributed by atoms with van der Waals surface area (Å²) in [6.07, 6.45) is 1.76. The van der Waals surface area contributed by atoms with E-state index in [1.54, 1.807) is 4.68 Å². The Morgan fingerprint density at radius 1 is 1.44 bits per heavy atom. The average Bonchev–Trinajstić information content (AvgIpc) is 2.65. The van der Waals surface area contributed by atoms with Gasteiger partial charge in [0.25, 0.3) is 0 Å². The van der Waals surface area contributed by atoms with E-state index >= 15 is 0 Å². The van der Waals surface area contributed by atoms with Gasteiger partial charge < -0.3 is 5.11 Å². The van der Waals surface area contributed by atoms with Crippen LogP contribution in [0.25, 0.3) is 0 Å². The van der Waals surface area contributed by atoms with Gasteiger partial charge >= 0.3 is 0 Å². The van der Waals surface area contributed by atoms with Gasteiger partial charge in [-0.2, -0.15) is 5.10 Å². The first-order chi connectivity index (χ1) is 7.65. The molecule has 0 fully saturated rings. The number of halogens is 1. The molecule has 0 radical (unpaired) electrons. The summed E-state index contributed by atoms with van der Waals surface area (Å²) in [4.78, 5) is 0. The maximum Gasteiger partial charge on any atom is 0.102 e. The highest BCUT2D eigenvalue weighted by atomic mass is 35.5. The van der Waals surface area contributed by atoms with Crippen LogP contribution in [0.2, 0.25) is 5.02 Å². The Labute approximate surface area is 99.3 Å². The second kappa shape index (κ2) is 4.68. The maximum absolute atomic E-state index is 9.96. The number of nitrogens with zero attached hydrogens (tertiary/aromatic N) is 2. The van der Waals surface area contributed by atoms with Crippen molar-refractivity contribution in [1.82, 2.24) is 9.78 Å². The Morgan fingerprint density at radius 2 is 2.25 bits per heavy atom. The quantitative estimate of drug-likeness (QED) is 0.889. The molecule has 4 heteroatoms. The van der Waals surface area contributed by atoms with Gasteiger partial charge in [-0.05, 0) is 23.8 Å².